The van der Waals surface area contributed by atoms with Crippen molar-refractivity contribution in [3.05, 3.63) is 96.2 Å². The molecule has 2 aliphatic heterocycles. The zero-order valence-electron chi connectivity index (χ0n) is 21.2. The molecule has 1 aromatic heterocycles. The van der Waals surface area contributed by atoms with E-state index in [0.717, 1.165) is 75.5 Å². The van der Waals surface area contributed by atoms with Crippen LogP contribution in [0.15, 0.2) is 85.1 Å². The quantitative estimate of drug-likeness (QED) is 0.534. The average molecular weight is 495 g/mol. The second-order valence-electron chi connectivity index (χ2n) is 10.7. The summed E-state index contributed by atoms with van der Waals surface area (Å²) in [4.78, 5) is 38.0. The summed E-state index contributed by atoms with van der Waals surface area (Å²) in [5.41, 5.74) is 2.15. The van der Waals surface area contributed by atoms with Gasteiger partial charge in [-0.2, -0.15) is 0 Å². The van der Waals surface area contributed by atoms with Crippen molar-refractivity contribution in [2.45, 2.75) is 25.2 Å². The standard InChI is InChI=1S/C31H34N4O2/c36-29(35-21-19-33(20-22-35)27-13-7-8-16-32-27)26-23-31(26)14-17-34(18-15-31)30(37)28(24-9-3-1-4-10-24)25-11-5-2-6-12-25/h1-13,16,26,28H,14-15,17-23H2/t26-/m1/s1. The average Bonchev–Trinajstić information content (AvgIpc) is 3.67. The number of nitrogens with zero attached hydrogens (tertiary/aromatic N) is 4. The van der Waals surface area contributed by atoms with Gasteiger partial charge in [-0.05, 0) is 47.9 Å². The van der Waals surface area contributed by atoms with Crippen LogP contribution in [-0.4, -0.2) is 65.9 Å². The lowest BCUT2D eigenvalue weighted by molar-refractivity contribution is -0.135. The lowest BCUT2D eigenvalue weighted by Gasteiger charge is -2.37. The molecule has 2 saturated heterocycles. The van der Waals surface area contributed by atoms with E-state index in [9.17, 15) is 9.59 Å². The van der Waals surface area contributed by atoms with Gasteiger partial charge in [0.1, 0.15) is 5.82 Å². The SMILES string of the molecule is O=C(C(c1ccccc1)c1ccccc1)N1CCC2(CC1)C[C@@H]2C(=O)N1CCN(c2ccccn2)CC1. The number of anilines is 1. The Bertz CT molecular complexity index is 1180. The number of rotatable bonds is 5. The van der Waals surface area contributed by atoms with E-state index in [1.165, 1.54) is 0 Å². The third-order valence-electron chi connectivity index (χ3n) is 8.64. The van der Waals surface area contributed by atoms with E-state index < -0.39 is 0 Å². The summed E-state index contributed by atoms with van der Waals surface area (Å²) in [6.07, 6.45) is 4.62. The Balaban J connectivity index is 1.06. The molecule has 2 aromatic carbocycles. The highest BCUT2D eigenvalue weighted by Crippen LogP contribution is 2.60. The summed E-state index contributed by atoms with van der Waals surface area (Å²) in [6, 6.07) is 26.1. The molecule has 0 unspecified atom stereocenters. The van der Waals surface area contributed by atoms with Crippen LogP contribution in [-0.2, 0) is 9.59 Å². The van der Waals surface area contributed by atoms with Gasteiger partial charge < -0.3 is 14.7 Å². The number of piperidine rings is 1. The van der Waals surface area contributed by atoms with Gasteiger partial charge in [0.15, 0.2) is 0 Å². The zero-order valence-corrected chi connectivity index (χ0v) is 21.2. The Labute approximate surface area is 218 Å². The number of carbonyl (C=O) groups is 2. The second-order valence-corrected chi connectivity index (χ2v) is 10.7. The van der Waals surface area contributed by atoms with Crippen LogP contribution >= 0.6 is 0 Å². The number of hydrogen-bond donors (Lipinski definition) is 0. The van der Waals surface area contributed by atoms with Crippen LogP contribution in [0.5, 0.6) is 0 Å². The minimum Gasteiger partial charge on any atom is -0.353 e. The number of hydrogen-bond acceptors (Lipinski definition) is 4. The lowest BCUT2D eigenvalue weighted by atomic mass is 9.86. The molecule has 190 valence electrons. The van der Waals surface area contributed by atoms with Gasteiger partial charge in [-0.3, -0.25) is 9.59 Å². The number of carbonyl (C=O) groups excluding carboxylic acids is 2. The normalized spacial score (nSPS) is 20.8. The summed E-state index contributed by atoms with van der Waals surface area (Å²) in [5, 5.41) is 0. The molecule has 3 aromatic rings. The molecule has 3 heterocycles. The third kappa shape index (κ3) is 4.73. The van der Waals surface area contributed by atoms with Crippen LogP contribution in [0, 0.1) is 11.3 Å². The first-order valence-electron chi connectivity index (χ1n) is 13.5. The fourth-order valence-electron chi connectivity index (χ4n) is 6.29. The van der Waals surface area contributed by atoms with Crippen molar-refractivity contribution in [1.29, 1.82) is 0 Å². The molecule has 6 nitrogen and oxygen atoms in total. The van der Waals surface area contributed by atoms with Gasteiger partial charge in [0.2, 0.25) is 11.8 Å². The number of likely N-dealkylation sites (tertiary alicyclic amines) is 1. The van der Waals surface area contributed by atoms with Gasteiger partial charge in [0, 0.05) is 51.4 Å². The Kier molecular flexibility index (Phi) is 6.41. The molecule has 1 atom stereocenters. The number of benzene rings is 2. The van der Waals surface area contributed by atoms with Crippen molar-refractivity contribution in [1.82, 2.24) is 14.8 Å². The van der Waals surface area contributed by atoms with Crippen molar-refractivity contribution in [3.8, 4) is 0 Å². The summed E-state index contributed by atoms with van der Waals surface area (Å²) < 4.78 is 0. The zero-order chi connectivity index (χ0) is 25.2. The highest BCUT2D eigenvalue weighted by molar-refractivity contribution is 5.87. The molecule has 1 spiro atoms. The molecular weight excluding hydrogens is 460 g/mol. The number of amides is 2. The van der Waals surface area contributed by atoms with E-state index in [-0.39, 0.29) is 23.2 Å². The summed E-state index contributed by atoms with van der Waals surface area (Å²) in [6.45, 7) is 4.61. The maximum atomic E-state index is 13.8. The van der Waals surface area contributed by atoms with Gasteiger partial charge in [-0.15, -0.1) is 0 Å². The molecule has 3 fully saturated rings. The first-order valence-corrected chi connectivity index (χ1v) is 13.5. The Morgan fingerprint density at radius 3 is 1.89 bits per heavy atom. The predicted octanol–water partition coefficient (Wildman–Crippen LogP) is 4.19. The highest BCUT2D eigenvalue weighted by Gasteiger charge is 2.59. The van der Waals surface area contributed by atoms with Crippen molar-refractivity contribution in [3.63, 3.8) is 0 Å². The van der Waals surface area contributed by atoms with Crippen molar-refractivity contribution >= 4 is 17.6 Å². The molecule has 2 amide bonds. The maximum Gasteiger partial charge on any atom is 0.234 e. The number of aromatic nitrogens is 1. The van der Waals surface area contributed by atoms with Crippen LogP contribution < -0.4 is 4.90 Å². The summed E-state index contributed by atoms with van der Waals surface area (Å²) in [5.74, 6) is 1.29. The molecule has 0 radical (unpaired) electrons. The summed E-state index contributed by atoms with van der Waals surface area (Å²) in [7, 11) is 0. The topological polar surface area (TPSA) is 56.8 Å². The van der Waals surface area contributed by atoms with E-state index in [2.05, 4.69) is 14.8 Å². The van der Waals surface area contributed by atoms with Crippen LogP contribution in [0.1, 0.15) is 36.3 Å². The maximum absolute atomic E-state index is 13.8. The molecule has 3 aliphatic rings. The third-order valence-corrected chi connectivity index (χ3v) is 8.64. The molecule has 0 bridgehead atoms. The van der Waals surface area contributed by atoms with Crippen LogP contribution in [0.2, 0.25) is 0 Å². The minimum atomic E-state index is -0.288. The van der Waals surface area contributed by atoms with E-state index in [1.807, 2.05) is 90.0 Å². The molecule has 37 heavy (non-hydrogen) atoms. The molecule has 1 aliphatic carbocycles. The van der Waals surface area contributed by atoms with Crippen LogP contribution in [0.4, 0.5) is 5.82 Å². The smallest absolute Gasteiger partial charge is 0.234 e. The molecule has 1 saturated carbocycles. The van der Waals surface area contributed by atoms with E-state index in [4.69, 9.17) is 0 Å². The van der Waals surface area contributed by atoms with Crippen LogP contribution in [0.3, 0.4) is 0 Å². The molecular formula is C31H34N4O2. The highest BCUT2D eigenvalue weighted by atomic mass is 16.2. The summed E-state index contributed by atoms with van der Waals surface area (Å²) >= 11 is 0. The molecule has 6 heteroatoms. The largest absolute Gasteiger partial charge is 0.353 e. The number of pyridine rings is 1. The number of piperazine rings is 1. The second kappa shape index (κ2) is 10.0. The van der Waals surface area contributed by atoms with E-state index in [0.29, 0.717) is 5.91 Å². The fourth-order valence-corrected chi connectivity index (χ4v) is 6.29. The van der Waals surface area contributed by atoms with Crippen molar-refractivity contribution in [2.75, 3.05) is 44.2 Å². The minimum absolute atomic E-state index is 0.0843. The Morgan fingerprint density at radius 2 is 1.32 bits per heavy atom. The Morgan fingerprint density at radius 1 is 0.730 bits per heavy atom. The van der Waals surface area contributed by atoms with Crippen molar-refractivity contribution in [2.24, 2.45) is 11.3 Å². The van der Waals surface area contributed by atoms with Gasteiger partial charge in [0.05, 0.1) is 5.92 Å². The van der Waals surface area contributed by atoms with Gasteiger partial charge in [-0.25, -0.2) is 4.98 Å². The monoisotopic (exact) mass is 494 g/mol. The predicted molar refractivity (Wildman–Crippen MR) is 144 cm³/mol. The van der Waals surface area contributed by atoms with Gasteiger partial charge in [-0.1, -0.05) is 66.7 Å². The van der Waals surface area contributed by atoms with Crippen molar-refractivity contribution < 1.29 is 9.59 Å². The van der Waals surface area contributed by atoms with E-state index in [1.54, 1.807) is 0 Å². The first kappa shape index (κ1) is 23.7. The molecule has 0 N–H and O–H groups in total. The van der Waals surface area contributed by atoms with Gasteiger partial charge >= 0.3 is 0 Å². The fraction of sp³-hybridized carbons (Fsp3) is 0.387. The molecule has 6 rings (SSSR count). The van der Waals surface area contributed by atoms with E-state index >= 15 is 0 Å². The lowest BCUT2D eigenvalue weighted by Crippen LogP contribution is -2.50. The Hall–Kier alpha value is -3.67. The van der Waals surface area contributed by atoms with Crippen LogP contribution in [0.25, 0.3) is 0 Å². The first-order chi connectivity index (χ1) is 18.1. The van der Waals surface area contributed by atoms with Gasteiger partial charge in [0.25, 0.3) is 0 Å².